The first kappa shape index (κ1) is 17.3. The number of nitrogens with zero attached hydrogens (tertiary/aromatic N) is 3. The quantitative estimate of drug-likeness (QED) is 0.550. The van der Waals surface area contributed by atoms with Crippen LogP contribution in [0, 0.1) is 11.3 Å². The third kappa shape index (κ3) is 4.99. The normalized spacial score (nSPS) is 11.1. The van der Waals surface area contributed by atoms with Crippen molar-refractivity contribution in [1.29, 1.82) is 5.26 Å². The van der Waals surface area contributed by atoms with E-state index in [1.165, 1.54) is 0 Å². The lowest BCUT2D eigenvalue weighted by Gasteiger charge is -2.22. The van der Waals surface area contributed by atoms with E-state index in [9.17, 15) is 5.26 Å². The first-order chi connectivity index (χ1) is 11.3. The number of allylic oxidation sites excluding steroid dienone is 1. The monoisotopic (exact) mass is 345 g/mol. The van der Waals surface area contributed by atoms with E-state index < -0.39 is 0 Å². The van der Waals surface area contributed by atoms with E-state index >= 15 is 0 Å². The molecule has 1 aromatic carbocycles. The van der Waals surface area contributed by atoms with Crippen LogP contribution in [0.2, 0.25) is 0 Å². The second kappa shape index (κ2) is 9.19. The molecular formula is C18H17Cl2N3. The van der Waals surface area contributed by atoms with Crippen LogP contribution in [0.5, 0.6) is 0 Å². The summed E-state index contributed by atoms with van der Waals surface area (Å²) >= 11 is 11.7. The highest BCUT2D eigenvalue weighted by atomic mass is 35.5. The van der Waals surface area contributed by atoms with Crippen LogP contribution >= 0.6 is 23.2 Å². The van der Waals surface area contributed by atoms with Crippen LogP contribution in [-0.4, -0.2) is 29.8 Å². The fourth-order valence-electron chi connectivity index (χ4n) is 2.23. The standard InChI is InChI=1S/C18H17Cl2N3/c19-7-11-23(12-8-20)18-3-1-15(2-4-18)13-17(14-21)16-5-9-22-10-6-16/h1-6,9-10,13H,7-8,11-12H2/b17-13+. The lowest BCUT2D eigenvalue weighted by Crippen LogP contribution is -2.27. The van der Waals surface area contributed by atoms with Crippen LogP contribution in [0.15, 0.2) is 48.8 Å². The van der Waals surface area contributed by atoms with E-state index in [0.29, 0.717) is 17.3 Å². The van der Waals surface area contributed by atoms with Crippen LogP contribution in [0.3, 0.4) is 0 Å². The summed E-state index contributed by atoms with van der Waals surface area (Å²) in [6, 6.07) is 13.9. The zero-order valence-electron chi connectivity index (χ0n) is 12.6. The molecule has 118 valence electrons. The predicted molar refractivity (Wildman–Crippen MR) is 97.8 cm³/mol. The molecule has 0 spiro atoms. The second-order valence-corrected chi connectivity index (χ2v) is 5.62. The molecule has 0 amide bonds. The highest BCUT2D eigenvalue weighted by Gasteiger charge is 2.05. The number of alkyl halides is 2. The summed E-state index contributed by atoms with van der Waals surface area (Å²) in [6.45, 7) is 1.51. The average molecular weight is 346 g/mol. The Morgan fingerprint density at radius 2 is 1.65 bits per heavy atom. The van der Waals surface area contributed by atoms with Gasteiger partial charge in [0.25, 0.3) is 0 Å². The molecular weight excluding hydrogens is 329 g/mol. The summed E-state index contributed by atoms with van der Waals surface area (Å²) in [4.78, 5) is 6.11. The predicted octanol–water partition coefficient (Wildman–Crippen LogP) is 4.43. The van der Waals surface area contributed by atoms with Gasteiger partial charge in [-0.3, -0.25) is 4.98 Å². The largest absolute Gasteiger partial charge is 0.369 e. The molecule has 0 saturated carbocycles. The SMILES string of the molecule is N#C/C(=C\c1ccc(N(CCCl)CCCl)cc1)c1ccncc1. The number of hydrogen-bond donors (Lipinski definition) is 0. The number of hydrogen-bond acceptors (Lipinski definition) is 3. The van der Waals surface area contributed by atoms with Gasteiger partial charge in [0.05, 0.1) is 11.6 Å². The van der Waals surface area contributed by atoms with Crippen LogP contribution in [0.4, 0.5) is 5.69 Å². The van der Waals surface area contributed by atoms with E-state index in [1.807, 2.05) is 42.5 Å². The van der Waals surface area contributed by atoms with E-state index in [2.05, 4.69) is 16.0 Å². The molecule has 0 N–H and O–H groups in total. The van der Waals surface area contributed by atoms with Gasteiger partial charge in [-0.15, -0.1) is 23.2 Å². The van der Waals surface area contributed by atoms with Crippen molar-refractivity contribution in [3.63, 3.8) is 0 Å². The van der Waals surface area contributed by atoms with Crippen molar-refractivity contribution in [1.82, 2.24) is 4.98 Å². The lowest BCUT2D eigenvalue weighted by atomic mass is 10.0. The first-order valence-corrected chi connectivity index (χ1v) is 8.34. The highest BCUT2D eigenvalue weighted by molar-refractivity contribution is 6.18. The zero-order valence-corrected chi connectivity index (χ0v) is 14.1. The summed E-state index contributed by atoms with van der Waals surface area (Å²) in [5.74, 6) is 1.11. The summed E-state index contributed by atoms with van der Waals surface area (Å²) in [7, 11) is 0. The Hall–Kier alpha value is -2.02. The van der Waals surface area contributed by atoms with Crippen LogP contribution in [0.1, 0.15) is 11.1 Å². The maximum absolute atomic E-state index is 9.35. The van der Waals surface area contributed by atoms with Gasteiger partial charge in [0.1, 0.15) is 0 Å². The van der Waals surface area contributed by atoms with Gasteiger partial charge in [-0.25, -0.2) is 0 Å². The topological polar surface area (TPSA) is 39.9 Å². The molecule has 1 aromatic heterocycles. The van der Waals surface area contributed by atoms with Crippen LogP contribution in [0.25, 0.3) is 11.6 Å². The minimum Gasteiger partial charge on any atom is -0.369 e. The van der Waals surface area contributed by atoms with Crippen LogP contribution in [-0.2, 0) is 0 Å². The minimum absolute atomic E-state index is 0.555. The third-order valence-electron chi connectivity index (χ3n) is 3.39. The van der Waals surface area contributed by atoms with Gasteiger partial charge in [0, 0.05) is 42.9 Å². The number of nitriles is 1. The molecule has 0 saturated heterocycles. The molecule has 2 rings (SSSR count). The second-order valence-electron chi connectivity index (χ2n) is 4.86. The number of aromatic nitrogens is 1. The fraction of sp³-hybridized carbons (Fsp3) is 0.222. The molecule has 5 heteroatoms. The Balaban J connectivity index is 2.21. The summed E-state index contributed by atoms with van der Waals surface area (Å²) in [6.07, 6.45) is 5.23. The van der Waals surface area contributed by atoms with Gasteiger partial charge in [0.15, 0.2) is 0 Å². The van der Waals surface area contributed by atoms with E-state index in [4.69, 9.17) is 23.2 Å². The van der Waals surface area contributed by atoms with Gasteiger partial charge in [0.2, 0.25) is 0 Å². The molecule has 1 heterocycles. The maximum atomic E-state index is 9.35. The van der Waals surface area contributed by atoms with E-state index in [1.54, 1.807) is 12.4 Å². The van der Waals surface area contributed by atoms with Gasteiger partial charge in [-0.1, -0.05) is 12.1 Å². The van der Waals surface area contributed by atoms with Gasteiger partial charge in [-0.2, -0.15) is 5.26 Å². The summed E-state index contributed by atoms with van der Waals surface area (Å²) < 4.78 is 0. The Bertz CT molecular complexity index is 670. The first-order valence-electron chi connectivity index (χ1n) is 7.27. The number of rotatable bonds is 7. The lowest BCUT2D eigenvalue weighted by molar-refractivity contribution is 0.874. The maximum Gasteiger partial charge on any atom is 0.0998 e. The molecule has 3 nitrogen and oxygen atoms in total. The highest BCUT2D eigenvalue weighted by Crippen LogP contribution is 2.20. The van der Waals surface area contributed by atoms with E-state index in [0.717, 1.165) is 29.9 Å². The molecule has 0 aliphatic carbocycles. The molecule has 2 aromatic rings. The Kier molecular flexibility index (Phi) is 6.93. The van der Waals surface area contributed by atoms with Crippen molar-refractivity contribution in [3.05, 3.63) is 59.9 Å². The molecule has 0 bridgehead atoms. The number of halogens is 2. The molecule has 0 unspecified atom stereocenters. The van der Waals surface area contributed by atoms with Crippen molar-refractivity contribution in [2.24, 2.45) is 0 Å². The van der Waals surface area contributed by atoms with Crippen molar-refractivity contribution in [2.45, 2.75) is 0 Å². The molecule has 0 aliphatic heterocycles. The zero-order chi connectivity index (χ0) is 16.5. The molecule has 0 fully saturated rings. The average Bonchev–Trinajstić information content (AvgIpc) is 2.61. The van der Waals surface area contributed by atoms with Crippen molar-refractivity contribution < 1.29 is 0 Å². The Labute approximate surface area is 146 Å². The van der Waals surface area contributed by atoms with Crippen LogP contribution < -0.4 is 4.90 Å². The van der Waals surface area contributed by atoms with Gasteiger partial charge >= 0.3 is 0 Å². The Morgan fingerprint density at radius 3 is 2.17 bits per heavy atom. The molecule has 0 radical (unpaired) electrons. The molecule has 0 atom stereocenters. The Morgan fingerprint density at radius 1 is 1.04 bits per heavy atom. The van der Waals surface area contributed by atoms with Crippen molar-refractivity contribution in [3.8, 4) is 6.07 Å². The number of benzene rings is 1. The fourth-order valence-corrected chi connectivity index (χ4v) is 2.64. The van der Waals surface area contributed by atoms with E-state index in [-0.39, 0.29) is 0 Å². The smallest absolute Gasteiger partial charge is 0.0998 e. The van der Waals surface area contributed by atoms with Crippen molar-refractivity contribution >= 4 is 40.5 Å². The summed E-state index contributed by atoms with van der Waals surface area (Å²) in [5.41, 5.74) is 3.51. The van der Waals surface area contributed by atoms with Crippen molar-refractivity contribution in [2.75, 3.05) is 29.7 Å². The minimum atomic E-state index is 0.555. The molecule has 0 aliphatic rings. The number of pyridine rings is 1. The third-order valence-corrected chi connectivity index (χ3v) is 3.73. The summed E-state index contributed by atoms with van der Waals surface area (Å²) in [5, 5.41) is 9.35. The van der Waals surface area contributed by atoms with Gasteiger partial charge < -0.3 is 4.90 Å². The molecule has 23 heavy (non-hydrogen) atoms. The van der Waals surface area contributed by atoms with Gasteiger partial charge in [-0.05, 0) is 41.5 Å². The number of anilines is 1.